The first kappa shape index (κ1) is 11.4. The van der Waals surface area contributed by atoms with Crippen LogP contribution in [0.4, 0.5) is 0 Å². The number of quaternary nitrogens is 1. The van der Waals surface area contributed by atoms with Crippen molar-refractivity contribution in [1.29, 1.82) is 0 Å². The Balaban J connectivity index is 1.80. The molecule has 3 unspecified atom stereocenters. The minimum absolute atomic E-state index is 0.433. The van der Waals surface area contributed by atoms with Gasteiger partial charge in [-0.2, -0.15) is 0 Å². The lowest BCUT2D eigenvalue weighted by Crippen LogP contribution is -3.19. The van der Waals surface area contributed by atoms with E-state index in [0.29, 0.717) is 6.17 Å². The summed E-state index contributed by atoms with van der Waals surface area (Å²) in [7, 11) is 0. The van der Waals surface area contributed by atoms with Gasteiger partial charge in [-0.15, -0.1) is 0 Å². The molecule has 0 aromatic rings. The molecule has 1 saturated heterocycles. The van der Waals surface area contributed by atoms with Crippen molar-refractivity contribution in [1.82, 2.24) is 0 Å². The molecule has 15 heavy (non-hydrogen) atoms. The molecule has 3 N–H and O–H groups in total. The Morgan fingerprint density at radius 3 is 2.53 bits per heavy atom. The second-order valence-electron chi connectivity index (χ2n) is 5.86. The molecular weight excluding hydrogens is 184 g/mol. The Labute approximate surface area is 94.2 Å². The van der Waals surface area contributed by atoms with E-state index in [0.717, 1.165) is 11.8 Å². The van der Waals surface area contributed by atoms with Crippen LogP contribution in [0.25, 0.3) is 0 Å². The van der Waals surface area contributed by atoms with E-state index >= 15 is 0 Å². The van der Waals surface area contributed by atoms with E-state index in [4.69, 9.17) is 5.73 Å². The minimum Gasteiger partial charge on any atom is -0.320 e. The van der Waals surface area contributed by atoms with Crippen molar-refractivity contribution in [3.8, 4) is 0 Å². The van der Waals surface area contributed by atoms with E-state index in [9.17, 15) is 0 Å². The summed E-state index contributed by atoms with van der Waals surface area (Å²) in [5, 5.41) is 0. The van der Waals surface area contributed by atoms with Gasteiger partial charge in [0.05, 0.1) is 13.1 Å². The number of nitrogens with two attached hydrogens (primary N) is 1. The number of hydrogen-bond acceptors (Lipinski definition) is 1. The van der Waals surface area contributed by atoms with E-state index in [-0.39, 0.29) is 0 Å². The third kappa shape index (κ3) is 3.18. The molecule has 2 nitrogen and oxygen atoms in total. The van der Waals surface area contributed by atoms with Gasteiger partial charge in [-0.3, -0.25) is 5.73 Å². The van der Waals surface area contributed by atoms with Gasteiger partial charge in [-0.05, 0) is 19.3 Å². The molecule has 0 aromatic carbocycles. The summed E-state index contributed by atoms with van der Waals surface area (Å²) >= 11 is 0. The van der Waals surface area contributed by atoms with Gasteiger partial charge in [0.25, 0.3) is 0 Å². The SMILES string of the molecule is CC1CCC(N)[NH+](CC2CCCCC2)C1. The highest BCUT2D eigenvalue weighted by atomic mass is 15.2. The summed E-state index contributed by atoms with van der Waals surface area (Å²) in [6, 6.07) is 0. The highest BCUT2D eigenvalue weighted by Crippen LogP contribution is 2.22. The molecule has 2 fully saturated rings. The maximum absolute atomic E-state index is 6.22. The normalized spacial score (nSPS) is 39.2. The first-order valence-electron chi connectivity index (χ1n) is 6.86. The zero-order valence-electron chi connectivity index (χ0n) is 10.2. The predicted octanol–water partition coefficient (Wildman–Crippen LogP) is 1.17. The second-order valence-corrected chi connectivity index (χ2v) is 5.86. The Morgan fingerprint density at radius 2 is 1.80 bits per heavy atom. The number of likely N-dealkylation sites (tertiary alicyclic amines) is 1. The van der Waals surface area contributed by atoms with Gasteiger partial charge in [0, 0.05) is 18.3 Å². The Bertz CT molecular complexity index is 187. The van der Waals surface area contributed by atoms with E-state index in [1.165, 1.54) is 58.0 Å². The van der Waals surface area contributed by atoms with Crippen molar-refractivity contribution < 1.29 is 4.90 Å². The third-order valence-corrected chi connectivity index (χ3v) is 4.38. The maximum atomic E-state index is 6.22. The molecule has 1 aliphatic carbocycles. The standard InChI is InChI=1S/C13H26N2/c1-11-7-8-13(14)15(9-11)10-12-5-3-2-4-6-12/h11-13H,2-10,14H2,1H3/p+1. The average Bonchev–Trinajstić information content (AvgIpc) is 2.25. The summed E-state index contributed by atoms with van der Waals surface area (Å²) in [5.74, 6) is 1.87. The predicted molar refractivity (Wildman–Crippen MR) is 63.6 cm³/mol. The number of piperidine rings is 1. The summed E-state index contributed by atoms with van der Waals surface area (Å²) in [5.41, 5.74) is 6.22. The van der Waals surface area contributed by atoms with Gasteiger partial charge >= 0.3 is 0 Å². The molecule has 0 radical (unpaired) electrons. The van der Waals surface area contributed by atoms with Crippen LogP contribution >= 0.6 is 0 Å². The van der Waals surface area contributed by atoms with Crippen LogP contribution in [0.2, 0.25) is 0 Å². The van der Waals surface area contributed by atoms with Crippen LogP contribution < -0.4 is 10.6 Å². The average molecular weight is 211 g/mol. The van der Waals surface area contributed by atoms with Gasteiger partial charge in [0.1, 0.15) is 6.17 Å². The van der Waals surface area contributed by atoms with Gasteiger partial charge in [0.2, 0.25) is 0 Å². The second kappa shape index (κ2) is 5.31. The summed E-state index contributed by atoms with van der Waals surface area (Å²) < 4.78 is 0. The first-order chi connectivity index (χ1) is 7.25. The quantitative estimate of drug-likeness (QED) is 0.705. The van der Waals surface area contributed by atoms with Crippen molar-refractivity contribution in [2.24, 2.45) is 17.6 Å². The molecule has 2 aliphatic rings. The van der Waals surface area contributed by atoms with Gasteiger partial charge < -0.3 is 4.90 Å². The molecule has 1 heterocycles. The summed E-state index contributed by atoms with van der Waals surface area (Å²) in [6.07, 6.45) is 10.3. The summed E-state index contributed by atoms with van der Waals surface area (Å²) in [6.45, 7) is 5.05. The molecule has 0 bridgehead atoms. The molecule has 0 amide bonds. The van der Waals surface area contributed by atoms with Crippen LogP contribution in [0.3, 0.4) is 0 Å². The Hall–Kier alpha value is -0.0800. The van der Waals surface area contributed by atoms with Crippen LogP contribution in [0, 0.1) is 11.8 Å². The molecule has 2 heteroatoms. The van der Waals surface area contributed by atoms with E-state index in [1.807, 2.05) is 0 Å². The van der Waals surface area contributed by atoms with Crippen molar-refractivity contribution in [2.45, 2.75) is 58.0 Å². The summed E-state index contributed by atoms with van der Waals surface area (Å²) in [4.78, 5) is 1.70. The fourth-order valence-corrected chi connectivity index (χ4v) is 3.37. The van der Waals surface area contributed by atoms with Crippen LogP contribution in [0.5, 0.6) is 0 Å². The fraction of sp³-hybridized carbons (Fsp3) is 1.00. The van der Waals surface area contributed by atoms with E-state index < -0.39 is 0 Å². The van der Waals surface area contributed by atoms with Crippen LogP contribution in [-0.4, -0.2) is 19.3 Å². The van der Waals surface area contributed by atoms with Crippen LogP contribution in [-0.2, 0) is 0 Å². The molecule has 88 valence electrons. The highest BCUT2D eigenvalue weighted by Gasteiger charge is 2.29. The molecule has 1 aliphatic heterocycles. The van der Waals surface area contributed by atoms with Crippen molar-refractivity contribution in [3.63, 3.8) is 0 Å². The number of nitrogens with one attached hydrogen (secondary N) is 1. The smallest absolute Gasteiger partial charge is 0.138 e. The zero-order valence-corrected chi connectivity index (χ0v) is 10.2. The van der Waals surface area contributed by atoms with E-state index in [2.05, 4.69) is 6.92 Å². The fourth-order valence-electron chi connectivity index (χ4n) is 3.37. The highest BCUT2D eigenvalue weighted by molar-refractivity contribution is 4.67. The molecule has 0 aromatic heterocycles. The van der Waals surface area contributed by atoms with Crippen LogP contribution in [0.1, 0.15) is 51.9 Å². The number of rotatable bonds is 2. The van der Waals surface area contributed by atoms with Crippen molar-refractivity contribution in [2.75, 3.05) is 13.1 Å². The lowest BCUT2D eigenvalue weighted by atomic mass is 9.87. The maximum Gasteiger partial charge on any atom is 0.138 e. The monoisotopic (exact) mass is 211 g/mol. The third-order valence-electron chi connectivity index (χ3n) is 4.38. The van der Waals surface area contributed by atoms with Gasteiger partial charge in [-0.25, -0.2) is 0 Å². The molecule has 0 spiro atoms. The lowest BCUT2D eigenvalue weighted by molar-refractivity contribution is -0.937. The molecule has 3 atom stereocenters. The van der Waals surface area contributed by atoms with Crippen molar-refractivity contribution >= 4 is 0 Å². The Kier molecular flexibility index (Phi) is 4.04. The van der Waals surface area contributed by atoms with Crippen LogP contribution in [0.15, 0.2) is 0 Å². The topological polar surface area (TPSA) is 30.5 Å². The van der Waals surface area contributed by atoms with Crippen molar-refractivity contribution in [3.05, 3.63) is 0 Å². The molecular formula is C13H27N2+. The largest absolute Gasteiger partial charge is 0.320 e. The number of hydrogen-bond donors (Lipinski definition) is 2. The zero-order chi connectivity index (χ0) is 10.7. The molecule has 1 saturated carbocycles. The Morgan fingerprint density at radius 1 is 1.07 bits per heavy atom. The minimum atomic E-state index is 0.433. The van der Waals surface area contributed by atoms with E-state index in [1.54, 1.807) is 4.90 Å². The van der Waals surface area contributed by atoms with Gasteiger partial charge in [0.15, 0.2) is 0 Å². The van der Waals surface area contributed by atoms with Gasteiger partial charge in [-0.1, -0.05) is 26.2 Å². The molecule has 2 rings (SSSR count). The first-order valence-corrected chi connectivity index (χ1v) is 6.86. The lowest BCUT2D eigenvalue weighted by Gasteiger charge is -2.36.